The average Bonchev–Trinajstić information content (AvgIpc) is 2.82. The zero-order valence-corrected chi connectivity index (χ0v) is 11.1. The van der Waals surface area contributed by atoms with Gasteiger partial charge >= 0.3 is 11.8 Å². The quantitative estimate of drug-likeness (QED) is 0.823. The Morgan fingerprint density at radius 3 is 2.67 bits per heavy atom. The van der Waals surface area contributed by atoms with Crippen molar-refractivity contribution in [1.82, 2.24) is 20.4 Å². The van der Waals surface area contributed by atoms with Crippen molar-refractivity contribution in [3.05, 3.63) is 11.7 Å². The molecular formula is C11H18N4O3. The van der Waals surface area contributed by atoms with E-state index in [1.54, 1.807) is 14.1 Å². The van der Waals surface area contributed by atoms with E-state index >= 15 is 0 Å². The molecule has 0 fully saturated rings. The lowest BCUT2D eigenvalue weighted by atomic mass is 10.1. The van der Waals surface area contributed by atoms with E-state index in [-0.39, 0.29) is 36.0 Å². The molecule has 1 atom stereocenters. The summed E-state index contributed by atoms with van der Waals surface area (Å²) in [6.45, 7) is 3.94. The Morgan fingerprint density at radius 2 is 2.11 bits per heavy atom. The fraction of sp³-hybridized carbons (Fsp3) is 0.636. The Morgan fingerprint density at radius 1 is 1.44 bits per heavy atom. The number of carbonyl (C=O) groups excluding carboxylic acids is 2. The molecule has 2 amide bonds. The van der Waals surface area contributed by atoms with Crippen LogP contribution in [0.25, 0.3) is 0 Å². The number of hydrogen-bond acceptors (Lipinski definition) is 5. The van der Waals surface area contributed by atoms with Gasteiger partial charge in [0.1, 0.15) is 0 Å². The van der Waals surface area contributed by atoms with Gasteiger partial charge < -0.3 is 14.7 Å². The van der Waals surface area contributed by atoms with Crippen LogP contribution in [-0.2, 0) is 11.3 Å². The standard InChI is InChI=1S/C11H18N4O3/c1-5-7(2)9(16)12-6-8-13-10(18-14-8)11(17)15(3)4/h7H,5-6H2,1-4H3,(H,12,16). The lowest BCUT2D eigenvalue weighted by molar-refractivity contribution is -0.124. The fourth-order valence-corrected chi connectivity index (χ4v) is 1.13. The van der Waals surface area contributed by atoms with Crippen LogP contribution >= 0.6 is 0 Å². The van der Waals surface area contributed by atoms with Crippen LogP contribution in [0.2, 0.25) is 0 Å². The highest BCUT2D eigenvalue weighted by Crippen LogP contribution is 2.02. The van der Waals surface area contributed by atoms with E-state index in [4.69, 9.17) is 4.52 Å². The van der Waals surface area contributed by atoms with E-state index < -0.39 is 0 Å². The summed E-state index contributed by atoms with van der Waals surface area (Å²) in [4.78, 5) is 28.3. The molecule has 1 aromatic rings. The van der Waals surface area contributed by atoms with Crippen molar-refractivity contribution in [2.45, 2.75) is 26.8 Å². The summed E-state index contributed by atoms with van der Waals surface area (Å²) in [6, 6.07) is 0. The van der Waals surface area contributed by atoms with Gasteiger partial charge in [0.05, 0.1) is 6.54 Å². The largest absolute Gasteiger partial charge is 0.348 e. The lowest BCUT2D eigenvalue weighted by Gasteiger charge is -2.07. The molecule has 1 heterocycles. The predicted molar refractivity (Wildman–Crippen MR) is 63.6 cm³/mol. The summed E-state index contributed by atoms with van der Waals surface area (Å²) in [6.07, 6.45) is 0.766. The second kappa shape index (κ2) is 6.13. The van der Waals surface area contributed by atoms with Gasteiger partial charge in [-0.3, -0.25) is 9.59 Å². The minimum Gasteiger partial charge on any atom is -0.348 e. The third-order valence-corrected chi connectivity index (χ3v) is 2.54. The van der Waals surface area contributed by atoms with E-state index in [9.17, 15) is 9.59 Å². The Kier molecular flexibility index (Phi) is 4.82. The molecule has 0 aliphatic rings. The van der Waals surface area contributed by atoms with Crippen LogP contribution < -0.4 is 5.32 Å². The highest BCUT2D eigenvalue weighted by atomic mass is 16.5. The van der Waals surface area contributed by atoms with Crippen LogP contribution in [0.15, 0.2) is 4.52 Å². The van der Waals surface area contributed by atoms with Crippen LogP contribution in [-0.4, -0.2) is 41.0 Å². The van der Waals surface area contributed by atoms with Gasteiger partial charge in [0.25, 0.3) is 0 Å². The number of rotatable bonds is 5. The molecule has 1 N–H and O–H groups in total. The molecule has 0 spiro atoms. The molecule has 0 aliphatic carbocycles. The summed E-state index contributed by atoms with van der Waals surface area (Å²) < 4.78 is 4.80. The highest BCUT2D eigenvalue weighted by molar-refractivity contribution is 5.89. The summed E-state index contributed by atoms with van der Waals surface area (Å²) in [5.74, 6) is -0.269. The monoisotopic (exact) mass is 254 g/mol. The summed E-state index contributed by atoms with van der Waals surface area (Å²) in [7, 11) is 3.19. The Labute approximate surface area is 106 Å². The maximum Gasteiger partial charge on any atom is 0.316 e. The number of hydrogen-bond donors (Lipinski definition) is 1. The van der Waals surface area contributed by atoms with Crippen LogP contribution in [0.3, 0.4) is 0 Å². The SMILES string of the molecule is CCC(C)C(=O)NCc1noc(C(=O)N(C)C)n1. The average molecular weight is 254 g/mol. The minimum absolute atomic E-state index is 0.0558. The van der Waals surface area contributed by atoms with E-state index in [0.29, 0.717) is 0 Å². The minimum atomic E-state index is -0.359. The third kappa shape index (κ3) is 3.54. The van der Waals surface area contributed by atoms with Gasteiger partial charge in [-0.25, -0.2) is 0 Å². The topological polar surface area (TPSA) is 88.3 Å². The molecule has 100 valence electrons. The van der Waals surface area contributed by atoms with E-state index in [1.807, 2.05) is 13.8 Å². The number of nitrogens with zero attached hydrogens (tertiary/aromatic N) is 3. The van der Waals surface area contributed by atoms with Gasteiger partial charge in [-0.05, 0) is 6.42 Å². The normalized spacial score (nSPS) is 12.0. The molecule has 1 aromatic heterocycles. The van der Waals surface area contributed by atoms with Gasteiger partial charge in [-0.1, -0.05) is 19.0 Å². The van der Waals surface area contributed by atoms with E-state index in [0.717, 1.165) is 6.42 Å². The van der Waals surface area contributed by atoms with Crippen molar-refractivity contribution >= 4 is 11.8 Å². The van der Waals surface area contributed by atoms with Crippen LogP contribution in [0.5, 0.6) is 0 Å². The van der Waals surface area contributed by atoms with Crippen LogP contribution in [0, 0.1) is 5.92 Å². The first-order valence-electron chi connectivity index (χ1n) is 5.77. The molecule has 0 aliphatic heterocycles. The van der Waals surface area contributed by atoms with Gasteiger partial charge in [-0.2, -0.15) is 4.98 Å². The van der Waals surface area contributed by atoms with Gasteiger partial charge in [0.2, 0.25) is 5.91 Å². The van der Waals surface area contributed by atoms with Crippen LogP contribution in [0.4, 0.5) is 0 Å². The number of carbonyl (C=O) groups is 2. The van der Waals surface area contributed by atoms with Gasteiger partial charge in [-0.15, -0.1) is 0 Å². The van der Waals surface area contributed by atoms with Crippen molar-refractivity contribution in [2.24, 2.45) is 5.92 Å². The van der Waals surface area contributed by atoms with Crippen LogP contribution in [0.1, 0.15) is 36.8 Å². The third-order valence-electron chi connectivity index (χ3n) is 2.54. The summed E-state index contributed by atoms with van der Waals surface area (Å²) >= 11 is 0. The molecule has 7 heteroatoms. The number of aromatic nitrogens is 2. The first-order valence-corrected chi connectivity index (χ1v) is 5.77. The van der Waals surface area contributed by atoms with Crippen molar-refractivity contribution in [3.8, 4) is 0 Å². The molecule has 7 nitrogen and oxygen atoms in total. The molecule has 0 saturated carbocycles. The van der Waals surface area contributed by atoms with Crippen molar-refractivity contribution in [3.63, 3.8) is 0 Å². The fourth-order valence-electron chi connectivity index (χ4n) is 1.13. The maximum absolute atomic E-state index is 11.5. The first kappa shape index (κ1) is 14.1. The van der Waals surface area contributed by atoms with E-state index in [1.165, 1.54) is 4.90 Å². The Bertz CT molecular complexity index is 428. The number of nitrogens with one attached hydrogen (secondary N) is 1. The van der Waals surface area contributed by atoms with Gasteiger partial charge in [0.15, 0.2) is 5.82 Å². The highest BCUT2D eigenvalue weighted by Gasteiger charge is 2.17. The Balaban J connectivity index is 2.55. The zero-order valence-electron chi connectivity index (χ0n) is 11.1. The summed E-state index contributed by atoms with van der Waals surface area (Å²) in [5, 5.41) is 6.31. The smallest absolute Gasteiger partial charge is 0.316 e. The lowest BCUT2D eigenvalue weighted by Crippen LogP contribution is -2.28. The van der Waals surface area contributed by atoms with Crippen molar-refractivity contribution < 1.29 is 14.1 Å². The first-order chi connectivity index (χ1) is 8.45. The predicted octanol–water partition coefficient (Wildman–Crippen LogP) is 0.434. The zero-order chi connectivity index (χ0) is 13.7. The molecule has 0 radical (unpaired) electrons. The molecule has 0 bridgehead atoms. The van der Waals surface area contributed by atoms with Crippen molar-refractivity contribution in [2.75, 3.05) is 14.1 Å². The second-order valence-electron chi connectivity index (χ2n) is 4.24. The molecular weight excluding hydrogens is 236 g/mol. The molecule has 18 heavy (non-hydrogen) atoms. The van der Waals surface area contributed by atoms with Crippen molar-refractivity contribution in [1.29, 1.82) is 0 Å². The second-order valence-corrected chi connectivity index (χ2v) is 4.24. The molecule has 0 aromatic carbocycles. The number of amides is 2. The summed E-state index contributed by atoms with van der Waals surface area (Å²) in [5.41, 5.74) is 0. The molecule has 0 saturated heterocycles. The maximum atomic E-state index is 11.5. The Hall–Kier alpha value is -1.92. The molecule has 1 unspecified atom stereocenters. The molecule has 1 rings (SSSR count). The van der Waals surface area contributed by atoms with E-state index in [2.05, 4.69) is 15.5 Å². The van der Waals surface area contributed by atoms with Gasteiger partial charge in [0, 0.05) is 20.0 Å².